The van der Waals surface area contributed by atoms with Crippen LogP contribution in [0, 0.1) is 12.3 Å². The summed E-state index contributed by atoms with van der Waals surface area (Å²) in [4.78, 5) is 0. The van der Waals surface area contributed by atoms with Crippen molar-refractivity contribution >= 4 is 5.69 Å². The van der Waals surface area contributed by atoms with E-state index in [0.717, 1.165) is 0 Å². The Kier molecular flexibility index (Phi) is 2.96. The molecule has 0 bridgehead atoms. The lowest BCUT2D eigenvalue weighted by atomic mass is 9.75. The second-order valence-electron chi connectivity index (χ2n) is 5.87. The largest absolute Gasteiger partial charge is 0.380 e. The molecule has 90 valence electrons. The zero-order valence-corrected chi connectivity index (χ0v) is 10.9. The van der Waals surface area contributed by atoms with Crippen LogP contribution >= 0.6 is 0 Å². The molecule has 0 amide bonds. The molecule has 0 aliphatic heterocycles. The molecule has 0 aromatic carbocycles. The summed E-state index contributed by atoms with van der Waals surface area (Å²) < 4.78 is 1.93. The van der Waals surface area contributed by atoms with Crippen LogP contribution in [0.5, 0.6) is 0 Å². The summed E-state index contributed by atoms with van der Waals surface area (Å²) in [6.07, 6.45) is 7.19. The summed E-state index contributed by atoms with van der Waals surface area (Å²) >= 11 is 0. The lowest BCUT2D eigenvalue weighted by Gasteiger charge is -2.35. The molecule has 2 rings (SSSR count). The Morgan fingerprint density at radius 3 is 2.81 bits per heavy atom. The Morgan fingerprint density at radius 1 is 1.50 bits per heavy atom. The standard InChI is InChI=1S/C13H23N3/c1-10-12(9-14-16(10)4)15-11-6-5-7-13(2,3)8-11/h9,11,15H,5-8H2,1-4H3. The Balaban J connectivity index is 2.02. The van der Waals surface area contributed by atoms with Crippen molar-refractivity contribution < 1.29 is 0 Å². The van der Waals surface area contributed by atoms with Crippen LogP contribution in [0.2, 0.25) is 0 Å². The van der Waals surface area contributed by atoms with E-state index in [4.69, 9.17) is 0 Å². The van der Waals surface area contributed by atoms with E-state index in [9.17, 15) is 0 Å². The first kappa shape index (κ1) is 11.5. The minimum Gasteiger partial charge on any atom is -0.380 e. The summed E-state index contributed by atoms with van der Waals surface area (Å²) in [6, 6.07) is 0.617. The lowest BCUT2D eigenvalue weighted by Crippen LogP contribution is -2.31. The van der Waals surface area contributed by atoms with Crippen molar-refractivity contribution in [2.75, 3.05) is 5.32 Å². The van der Waals surface area contributed by atoms with Crippen molar-refractivity contribution in [1.82, 2.24) is 9.78 Å². The third kappa shape index (κ3) is 2.39. The van der Waals surface area contributed by atoms with Gasteiger partial charge >= 0.3 is 0 Å². The number of rotatable bonds is 2. The van der Waals surface area contributed by atoms with Gasteiger partial charge < -0.3 is 5.32 Å². The topological polar surface area (TPSA) is 29.9 Å². The monoisotopic (exact) mass is 221 g/mol. The first-order valence-electron chi connectivity index (χ1n) is 6.23. The van der Waals surface area contributed by atoms with Crippen molar-refractivity contribution in [3.8, 4) is 0 Å². The van der Waals surface area contributed by atoms with Crippen LogP contribution in [-0.2, 0) is 7.05 Å². The number of hydrogen-bond acceptors (Lipinski definition) is 2. The summed E-state index contributed by atoms with van der Waals surface area (Å²) in [5.41, 5.74) is 2.92. The molecule has 1 heterocycles. The van der Waals surface area contributed by atoms with Crippen LogP contribution in [-0.4, -0.2) is 15.8 Å². The molecule has 1 atom stereocenters. The van der Waals surface area contributed by atoms with Crippen molar-refractivity contribution in [2.45, 2.75) is 52.5 Å². The van der Waals surface area contributed by atoms with Crippen LogP contribution < -0.4 is 5.32 Å². The van der Waals surface area contributed by atoms with Crippen LogP contribution in [0.1, 0.15) is 45.2 Å². The van der Waals surface area contributed by atoms with E-state index >= 15 is 0 Å². The fourth-order valence-corrected chi connectivity index (χ4v) is 2.68. The molecule has 16 heavy (non-hydrogen) atoms. The lowest BCUT2D eigenvalue weighted by molar-refractivity contribution is 0.229. The second kappa shape index (κ2) is 4.11. The Bertz CT molecular complexity index is 365. The zero-order chi connectivity index (χ0) is 11.8. The number of hydrogen-bond donors (Lipinski definition) is 1. The molecule has 1 aliphatic carbocycles. The van der Waals surface area contributed by atoms with Gasteiger partial charge in [-0.05, 0) is 31.6 Å². The predicted octanol–water partition coefficient (Wildman–Crippen LogP) is 3.11. The molecule has 1 N–H and O–H groups in total. The van der Waals surface area contributed by atoms with Crippen molar-refractivity contribution in [3.05, 3.63) is 11.9 Å². The zero-order valence-electron chi connectivity index (χ0n) is 10.9. The molecule has 1 unspecified atom stereocenters. The SMILES string of the molecule is Cc1c(NC2CCCC(C)(C)C2)cnn1C. The average Bonchev–Trinajstić information content (AvgIpc) is 2.48. The molecular formula is C13H23N3. The van der Waals surface area contributed by atoms with E-state index in [2.05, 4.69) is 31.2 Å². The first-order valence-corrected chi connectivity index (χ1v) is 6.23. The van der Waals surface area contributed by atoms with Crippen molar-refractivity contribution in [1.29, 1.82) is 0 Å². The van der Waals surface area contributed by atoms with Crippen LogP contribution in [0.25, 0.3) is 0 Å². The summed E-state index contributed by atoms with van der Waals surface area (Å²) in [7, 11) is 1.99. The Hall–Kier alpha value is -0.990. The molecule has 1 aliphatic rings. The Morgan fingerprint density at radius 2 is 2.25 bits per heavy atom. The van der Waals surface area contributed by atoms with Gasteiger partial charge in [0.15, 0.2) is 0 Å². The number of aryl methyl sites for hydroxylation is 1. The van der Waals surface area contributed by atoms with Crippen LogP contribution in [0.4, 0.5) is 5.69 Å². The van der Waals surface area contributed by atoms with E-state index in [1.165, 1.54) is 37.1 Å². The third-order valence-electron chi connectivity index (χ3n) is 3.80. The molecule has 0 spiro atoms. The number of nitrogens with zero attached hydrogens (tertiary/aromatic N) is 2. The molecule has 3 nitrogen and oxygen atoms in total. The van der Waals surface area contributed by atoms with Gasteiger partial charge in [-0.3, -0.25) is 4.68 Å². The first-order chi connectivity index (χ1) is 7.48. The third-order valence-corrected chi connectivity index (χ3v) is 3.80. The van der Waals surface area contributed by atoms with E-state index in [1.54, 1.807) is 0 Å². The average molecular weight is 221 g/mol. The highest BCUT2D eigenvalue weighted by molar-refractivity contribution is 5.46. The van der Waals surface area contributed by atoms with Gasteiger partial charge in [0.1, 0.15) is 0 Å². The maximum absolute atomic E-state index is 4.27. The van der Waals surface area contributed by atoms with Gasteiger partial charge in [0.05, 0.1) is 17.6 Å². The highest BCUT2D eigenvalue weighted by atomic mass is 15.3. The maximum Gasteiger partial charge on any atom is 0.0758 e. The highest BCUT2D eigenvalue weighted by Gasteiger charge is 2.28. The van der Waals surface area contributed by atoms with Crippen molar-refractivity contribution in [3.63, 3.8) is 0 Å². The summed E-state index contributed by atoms with van der Waals surface area (Å²) in [6.45, 7) is 6.86. The van der Waals surface area contributed by atoms with E-state index in [-0.39, 0.29) is 0 Å². The molecule has 1 aromatic heterocycles. The van der Waals surface area contributed by atoms with Crippen LogP contribution in [0.15, 0.2) is 6.20 Å². The van der Waals surface area contributed by atoms with E-state index < -0.39 is 0 Å². The highest BCUT2D eigenvalue weighted by Crippen LogP contribution is 2.36. The van der Waals surface area contributed by atoms with Gasteiger partial charge in [0.2, 0.25) is 0 Å². The van der Waals surface area contributed by atoms with E-state index in [0.29, 0.717) is 11.5 Å². The number of aromatic nitrogens is 2. The minimum absolute atomic E-state index is 0.492. The molecule has 0 saturated heterocycles. The van der Waals surface area contributed by atoms with Gasteiger partial charge in [-0.2, -0.15) is 5.10 Å². The summed E-state index contributed by atoms with van der Waals surface area (Å²) in [5, 5.41) is 7.91. The fourth-order valence-electron chi connectivity index (χ4n) is 2.68. The molecule has 1 saturated carbocycles. The normalized spacial score (nSPS) is 24.4. The number of nitrogens with one attached hydrogen (secondary N) is 1. The van der Waals surface area contributed by atoms with Gasteiger partial charge in [-0.1, -0.05) is 20.3 Å². The van der Waals surface area contributed by atoms with Gasteiger partial charge in [-0.15, -0.1) is 0 Å². The van der Waals surface area contributed by atoms with Gasteiger partial charge in [0.25, 0.3) is 0 Å². The van der Waals surface area contributed by atoms with Gasteiger partial charge in [-0.25, -0.2) is 0 Å². The Labute approximate surface area is 98.2 Å². The molecule has 1 fully saturated rings. The summed E-state index contributed by atoms with van der Waals surface area (Å²) in [5.74, 6) is 0. The van der Waals surface area contributed by atoms with Gasteiger partial charge in [0, 0.05) is 13.1 Å². The van der Waals surface area contributed by atoms with Crippen LogP contribution in [0.3, 0.4) is 0 Å². The predicted molar refractivity (Wildman–Crippen MR) is 67.6 cm³/mol. The fraction of sp³-hybridized carbons (Fsp3) is 0.769. The smallest absolute Gasteiger partial charge is 0.0758 e. The number of anilines is 1. The van der Waals surface area contributed by atoms with Crippen molar-refractivity contribution in [2.24, 2.45) is 12.5 Å². The second-order valence-corrected chi connectivity index (χ2v) is 5.87. The molecule has 0 radical (unpaired) electrons. The molecular weight excluding hydrogens is 198 g/mol. The molecule has 1 aromatic rings. The van der Waals surface area contributed by atoms with E-state index in [1.807, 2.05) is 17.9 Å². The maximum atomic E-state index is 4.27. The molecule has 3 heteroatoms. The quantitative estimate of drug-likeness (QED) is 0.831. The minimum atomic E-state index is 0.492.